The van der Waals surface area contributed by atoms with Crippen molar-refractivity contribution < 1.29 is 9.53 Å². The number of ether oxygens (including phenoxy) is 1. The Labute approximate surface area is 166 Å². The van der Waals surface area contributed by atoms with Crippen LogP contribution < -0.4 is 15.6 Å². The van der Waals surface area contributed by atoms with Gasteiger partial charge in [-0.2, -0.15) is 4.52 Å². The summed E-state index contributed by atoms with van der Waals surface area (Å²) >= 11 is 0. The molecule has 9 heteroatoms. The van der Waals surface area contributed by atoms with E-state index in [4.69, 9.17) is 4.74 Å². The normalized spacial score (nSPS) is 11.2. The minimum Gasteiger partial charge on any atom is -0.497 e. The predicted molar refractivity (Wildman–Crippen MR) is 108 cm³/mol. The van der Waals surface area contributed by atoms with E-state index in [1.807, 2.05) is 24.4 Å². The first-order valence-electron chi connectivity index (χ1n) is 9.39. The van der Waals surface area contributed by atoms with Gasteiger partial charge in [-0.3, -0.25) is 14.7 Å². The maximum atomic E-state index is 12.5. The Morgan fingerprint density at radius 3 is 3.00 bits per heavy atom. The van der Waals surface area contributed by atoms with E-state index in [9.17, 15) is 9.59 Å². The third-order valence-electron chi connectivity index (χ3n) is 5.03. The number of aromatic amines is 2. The third-order valence-corrected chi connectivity index (χ3v) is 5.03. The van der Waals surface area contributed by atoms with Gasteiger partial charge < -0.3 is 15.0 Å². The maximum absolute atomic E-state index is 12.5. The van der Waals surface area contributed by atoms with Gasteiger partial charge in [0.2, 0.25) is 5.91 Å². The number of aryl methyl sites for hydroxylation is 1. The molecule has 0 saturated heterocycles. The van der Waals surface area contributed by atoms with E-state index in [1.54, 1.807) is 14.0 Å². The van der Waals surface area contributed by atoms with Gasteiger partial charge in [-0.1, -0.05) is 0 Å². The number of nitrogens with one attached hydrogen (secondary N) is 3. The number of benzene rings is 1. The van der Waals surface area contributed by atoms with Crippen LogP contribution in [-0.4, -0.2) is 44.1 Å². The Morgan fingerprint density at radius 1 is 1.31 bits per heavy atom. The number of carbonyl (C=O) groups excluding carboxylic acids is 1. The molecule has 0 aliphatic carbocycles. The summed E-state index contributed by atoms with van der Waals surface area (Å²) in [5.41, 5.74) is 3.04. The second-order valence-corrected chi connectivity index (χ2v) is 6.83. The van der Waals surface area contributed by atoms with Crippen molar-refractivity contribution in [3.05, 3.63) is 57.9 Å². The Balaban J connectivity index is 1.34. The molecule has 0 radical (unpaired) electrons. The lowest BCUT2D eigenvalue weighted by atomic mass is 10.1. The van der Waals surface area contributed by atoms with Crippen molar-refractivity contribution in [1.82, 2.24) is 29.9 Å². The van der Waals surface area contributed by atoms with E-state index >= 15 is 0 Å². The molecule has 0 unspecified atom stereocenters. The van der Waals surface area contributed by atoms with Crippen LogP contribution in [0.1, 0.15) is 23.2 Å². The monoisotopic (exact) mass is 394 g/mol. The van der Waals surface area contributed by atoms with Crippen LogP contribution in [0.25, 0.3) is 16.7 Å². The molecule has 29 heavy (non-hydrogen) atoms. The molecule has 1 aromatic carbocycles. The number of H-pyrrole nitrogens is 2. The molecule has 0 fully saturated rings. The highest BCUT2D eigenvalue weighted by Crippen LogP contribution is 2.23. The molecule has 1 amide bonds. The quantitative estimate of drug-likeness (QED) is 0.439. The van der Waals surface area contributed by atoms with Crippen molar-refractivity contribution in [2.24, 2.45) is 0 Å². The van der Waals surface area contributed by atoms with Crippen LogP contribution in [0.15, 0.2) is 35.5 Å². The van der Waals surface area contributed by atoms with Gasteiger partial charge in [0.25, 0.3) is 11.3 Å². The van der Waals surface area contributed by atoms with Crippen molar-refractivity contribution in [3.63, 3.8) is 0 Å². The minimum atomic E-state index is -0.216. The summed E-state index contributed by atoms with van der Waals surface area (Å²) in [7, 11) is 1.64. The van der Waals surface area contributed by atoms with Gasteiger partial charge in [-0.25, -0.2) is 9.97 Å². The zero-order chi connectivity index (χ0) is 20.4. The number of hydrogen-bond acceptors (Lipinski definition) is 5. The van der Waals surface area contributed by atoms with E-state index in [0.717, 1.165) is 22.2 Å². The van der Waals surface area contributed by atoms with Gasteiger partial charge in [-0.15, -0.1) is 0 Å². The molecule has 0 spiro atoms. The number of rotatable bonds is 7. The molecule has 0 aliphatic rings. The first kappa shape index (κ1) is 18.7. The first-order valence-corrected chi connectivity index (χ1v) is 9.39. The molecule has 150 valence electrons. The lowest BCUT2D eigenvalue weighted by molar-refractivity contribution is -0.121. The molecular weight excluding hydrogens is 372 g/mol. The Kier molecular flexibility index (Phi) is 5.03. The van der Waals surface area contributed by atoms with Crippen LogP contribution in [0.2, 0.25) is 0 Å². The van der Waals surface area contributed by atoms with Crippen LogP contribution in [0, 0.1) is 6.92 Å². The van der Waals surface area contributed by atoms with Gasteiger partial charge in [0.1, 0.15) is 12.1 Å². The molecule has 0 atom stereocenters. The van der Waals surface area contributed by atoms with Crippen molar-refractivity contribution in [1.29, 1.82) is 0 Å². The summed E-state index contributed by atoms with van der Waals surface area (Å²) in [6.45, 7) is 2.28. The number of carbonyl (C=O) groups is 1. The highest BCUT2D eigenvalue weighted by Gasteiger charge is 2.13. The summed E-state index contributed by atoms with van der Waals surface area (Å²) < 4.78 is 6.52. The van der Waals surface area contributed by atoms with Crippen molar-refractivity contribution in [2.45, 2.75) is 26.2 Å². The Bertz CT molecular complexity index is 1240. The summed E-state index contributed by atoms with van der Waals surface area (Å²) in [6.07, 6.45) is 4.63. The lowest BCUT2D eigenvalue weighted by Gasteiger charge is -2.07. The van der Waals surface area contributed by atoms with E-state index in [-0.39, 0.29) is 17.9 Å². The van der Waals surface area contributed by atoms with Crippen molar-refractivity contribution >= 4 is 22.6 Å². The Hall–Kier alpha value is -3.62. The molecule has 3 heterocycles. The third kappa shape index (κ3) is 3.71. The van der Waals surface area contributed by atoms with Crippen LogP contribution >= 0.6 is 0 Å². The summed E-state index contributed by atoms with van der Waals surface area (Å²) in [5, 5.41) is 6.77. The molecule has 3 aromatic heterocycles. The van der Waals surface area contributed by atoms with Crippen LogP contribution in [-0.2, 0) is 17.6 Å². The van der Waals surface area contributed by atoms with Gasteiger partial charge in [0.05, 0.1) is 12.8 Å². The fourth-order valence-corrected chi connectivity index (χ4v) is 3.45. The zero-order valence-corrected chi connectivity index (χ0v) is 16.3. The molecule has 4 rings (SSSR count). The van der Waals surface area contributed by atoms with E-state index in [2.05, 4.69) is 25.4 Å². The predicted octanol–water partition coefficient (Wildman–Crippen LogP) is 1.51. The lowest BCUT2D eigenvalue weighted by Crippen LogP contribution is -2.28. The largest absolute Gasteiger partial charge is 0.497 e. The van der Waals surface area contributed by atoms with Gasteiger partial charge in [-0.05, 0) is 37.5 Å². The van der Waals surface area contributed by atoms with Crippen LogP contribution in [0.5, 0.6) is 5.75 Å². The number of methoxy groups -OCH3 is 1. The van der Waals surface area contributed by atoms with Crippen LogP contribution in [0.4, 0.5) is 0 Å². The first-order chi connectivity index (χ1) is 14.1. The van der Waals surface area contributed by atoms with Crippen LogP contribution in [0.3, 0.4) is 0 Å². The minimum absolute atomic E-state index is 0.0972. The molecule has 0 bridgehead atoms. The number of fused-ring (bicyclic) bond motifs is 2. The van der Waals surface area contributed by atoms with E-state index < -0.39 is 0 Å². The second kappa shape index (κ2) is 7.78. The number of aromatic nitrogens is 5. The molecule has 9 nitrogen and oxygen atoms in total. The fourth-order valence-electron chi connectivity index (χ4n) is 3.45. The summed E-state index contributed by atoms with van der Waals surface area (Å²) in [4.78, 5) is 36.2. The average molecular weight is 394 g/mol. The maximum Gasteiger partial charge on any atom is 0.277 e. The highest BCUT2D eigenvalue weighted by molar-refractivity contribution is 5.84. The van der Waals surface area contributed by atoms with Gasteiger partial charge in [0.15, 0.2) is 0 Å². The van der Waals surface area contributed by atoms with Gasteiger partial charge in [0, 0.05) is 41.7 Å². The average Bonchev–Trinajstić information content (AvgIpc) is 3.34. The SMILES string of the molecule is COc1ccc2c(CCNC(=O)CCc3c(C)nc4nc[nH]n4c3=O)c[nH]c2c1. The number of nitrogens with zero attached hydrogens (tertiary/aromatic N) is 3. The summed E-state index contributed by atoms with van der Waals surface area (Å²) in [6, 6.07) is 5.88. The van der Waals surface area contributed by atoms with E-state index in [1.165, 1.54) is 10.8 Å². The molecular formula is C20H22N6O3. The molecule has 4 aromatic rings. The molecule has 0 aliphatic heterocycles. The molecule has 0 saturated carbocycles. The van der Waals surface area contributed by atoms with E-state index in [0.29, 0.717) is 36.4 Å². The molecule has 3 N–H and O–H groups in total. The number of hydrogen-bond donors (Lipinski definition) is 3. The summed E-state index contributed by atoms with van der Waals surface area (Å²) in [5.74, 6) is 1.03. The van der Waals surface area contributed by atoms with Gasteiger partial charge >= 0.3 is 0 Å². The van der Waals surface area contributed by atoms with Crippen molar-refractivity contribution in [3.8, 4) is 5.75 Å². The Morgan fingerprint density at radius 2 is 2.17 bits per heavy atom. The van der Waals surface area contributed by atoms with Crippen molar-refractivity contribution in [2.75, 3.05) is 13.7 Å². The number of amides is 1. The zero-order valence-electron chi connectivity index (χ0n) is 16.3. The standard InChI is InChI=1S/C20H22N6O3/c1-12-15(19(28)26-20(25-12)23-11-24-26)5-6-18(27)21-8-7-13-10-22-17-9-14(29-2)3-4-16(13)17/h3-4,9-11,22H,5-8H2,1-2H3,(H,21,27)(H,23,24,25). The highest BCUT2D eigenvalue weighted by atomic mass is 16.5. The smallest absolute Gasteiger partial charge is 0.277 e. The topological polar surface area (TPSA) is 117 Å². The fraction of sp³-hybridized carbons (Fsp3) is 0.300. The second-order valence-electron chi connectivity index (χ2n) is 6.83.